The molecule has 0 aliphatic carbocycles. The molecule has 1 aliphatic rings. The molecular weight excluding hydrogens is 276 g/mol. The number of rotatable bonds is 1. The highest BCUT2D eigenvalue weighted by Gasteiger charge is 2.38. The highest BCUT2D eigenvalue weighted by atomic mass is 35.5. The second-order valence-electron chi connectivity index (χ2n) is 6.12. The average Bonchev–Trinajstić information content (AvgIpc) is 2.70. The molecule has 1 fully saturated rings. The van der Waals surface area contributed by atoms with Crippen LogP contribution in [0.5, 0.6) is 0 Å². The fourth-order valence-electron chi connectivity index (χ4n) is 2.43. The third-order valence-corrected chi connectivity index (χ3v) is 3.54. The molecule has 1 saturated heterocycles. The maximum atomic E-state index is 12.3. The van der Waals surface area contributed by atoms with Gasteiger partial charge in [0, 0.05) is 17.6 Å². The van der Waals surface area contributed by atoms with Gasteiger partial charge >= 0.3 is 6.09 Å². The summed E-state index contributed by atoms with van der Waals surface area (Å²) in [5, 5.41) is 0.670. The van der Waals surface area contributed by atoms with E-state index in [1.54, 1.807) is 4.90 Å². The van der Waals surface area contributed by atoms with Crippen molar-refractivity contribution in [1.82, 2.24) is 4.90 Å². The Morgan fingerprint density at radius 2 is 1.95 bits per heavy atom. The van der Waals surface area contributed by atoms with Crippen LogP contribution in [0.1, 0.15) is 38.8 Å². The van der Waals surface area contributed by atoms with Crippen LogP contribution in [-0.4, -0.2) is 29.2 Å². The first-order valence-corrected chi connectivity index (χ1v) is 7.16. The quantitative estimate of drug-likeness (QED) is 0.864. The second kappa shape index (κ2) is 5.62. The summed E-state index contributed by atoms with van der Waals surface area (Å²) in [6.45, 7) is 6.19. The van der Waals surface area contributed by atoms with Gasteiger partial charge in [0.1, 0.15) is 5.60 Å². The highest BCUT2D eigenvalue weighted by Crippen LogP contribution is 2.33. The van der Waals surface area contributed by atoms with Crippen molar-refractivity contribution in [3.63, 3.8) is 0 Å². The van der Waals surface area contributed by atoms with Crippen LogP contribution >= 0.6 is 11.6 Å². The number of hydrogen-bond donors (Lipinski definition) is 1. The van der Waals surface area contributed by atoms with Gasteiger partial charge in [-0.1, -0.05) is 23.7 Å². The lowest BCUT2D eigenvalue weighted by Crippen LogP contribution is -2.39. The maximum absolute atomic E-state index is 12.3. The molecule has 0 bridgehead atoms. The molecule has 110 valence electrons. The number of hydrogen-bond acceptors (Lipinski definition) is 3. The predicted molar refractivity (Wildman–Crippen MR) is 79.7 cm³/mol. The Morgan fingerprint density at radius 1 is 1.35 bits per heavy atom. The van der Waals surface area contributed by atoms with Crippen molar-refractivity contribution in [1.29, 1.82) is 0 Å². The Morgan fingerprint density at radius 3 is 2.50 bits per heavy atom. The van der Waals surface area contributed by atoms with Crippen LogP contribution in [0.3, 0.4) is 0 Å². The molecule has 2 rings (SSSR count). The van der Waals surface area contributed by atoms with Crippen LogP contribution in [0.25, 0.3) is 0 Å². The molecule has 2 N–H and O–H groups in total. The molecule has 1 aliphatic heterocycles. The fourth-order valence-corrected chi connectivity index (χ4v) is 2.55. The Balaban J connectivity index is 2.20. The number of carbonyl (C=O) groups excluding carboxylic acids is 1. The average molecular weight is 297 g/mol. The summed E-state index contributed by atoms with van der Waals surface area (Å²) in [6, 6.07) is 7.22. The first-order valence-electron chi connectivity index (χ1n) is 6.78. The largest absolute Gasteiger partial charge is 0.444 e. The zero-order chi connectivity index (χ0) is 14.9. The number of halogens is 1. The van der Waals surface area contributed by atoms with Crippen molar-refractivity contribution in [3.8, 4) is 0 Å². The van der Waals surface area contributed by atoms with E-state index in [1.807, 2.05) is 45.0 Å². The van der Waals surface area contributed by atoms with Crippen LogP contribution in [-0.2, 0) is 4.74 Å². The van der Waals surface area contributed by atoms with E-state index in [1.165, 1.54) is 0 Å². The first kappa shape index (κ1) is 15.1. The lowest BCUT2D eigenvalue weighted by molar-refractivity contribution is 0.0218. The van der Waals surface area contributed by atoms with Crippen LogP contribution in [0.4, 0.5) is 4.79 Å². The van der Waals surface area contributed by atoms with Gasteiger partial charge in [-0.15, -0.1) is 0 Å². The van der Waals surface area contributed by atoms with Gasteiger partial charge in [0.05, 0.1) is 6.04 Å². The number of benzene rings is 1. The third-order valence-electron chi connectivity index (χ3n) is 3.28. The summed E-state index contributed by atoms with van der Waals surface area (Å²) < 4.78 is 5.45. The molecule has 1 aromatic rings. The third kappa shape index (κ3) is 3.44. The molecule has 1 amide bonds. The summed E-state index contributed by atoms with van der Waals surface area (Å²) in [5.41, 5.74) is 6.64. The zero-order valence-corrected chi connectivity index (χ0v) is 12.9. The van der Waals surface area contributed by atoms with Crippen molar-refractivity contribution in [3.05, 3.63) is 34.9 Å². The topological polar surface area (TPSA) is 55.6 Å². The number of amides is 1. The lowest BCUT2D eigenvalue weighted by Gasteiger charge is -2.30. The van der Waals surface area contributed by atoms with Crippen LogP contribution in [0.2, 0.25) is 5.02 Å². The van der Waals surface area contributed by atoms with Crippen molar-refractivity contribution in [2.24, 2.45) is 5.73 Å². The predicted octanol–water partition coefficient (Wildman–Crippen LogP) is 3.35. The Kier molecular flexibility index (Phi) is 4.25. The van der Waals surface area contributed by atoms with Gasteiger partial charge in [-0.25, -0.2) is 4.79 Å². The highest BCUT2D eigenvalue weighted by molar-refractivity contribution is 6.30. The Bertz CT molecular complexity index is 482. The molecule has 20 heavy (non-hydrogen) atoms. The second-order valence-corrected chi connectivity index (χ2v) is 6.56. The molecule has 0 radical (unpaired) electrons. The fraction of sp³-hybridized carbons (Fsp3) is 0.533. The first-order chi connectivity index (χ1) is 9.28. The van der Waals surface area contributed by atoms with Gasteiger partial charge in [-0.3, -0.25) is 4.90 Å². The summed E-state index contributed by atoms with van der Waals surface area (Å²) in [4.78, 5) is 14.0. The Hall–Kier alpha value is -1.26. The van der Waals surface area contributed by atoms with E-state index >= 15 is 0 Å². The van der Waals surface area contributed by atoms with E-state index < -0.39 is 5.60 Å². The lowest BCUT2D eigenvalue weighted by atomic mass is 10.0. The van der Waals surface area contributed by atoms with Crippen LogP contribution in [0.15, 0.2) is 24.3 Å². The van der Waals surface area contributed by atoms with Crippen molar-refractivity contribution >= 4 is 17.7 Å². The van der Waals surface area contributed by atoms with Crippen molar-refractivity contribution < 1.29 is 9.53 Å². The summed E-state index contributed by atoms with van der Waals surface area (Å²) >= 11 is 5.90. The molecular formula is C15H21ClN2O2. The van der Waals surface area contributed by atoms with Gasteiger partial charge in [0.25, 0.3) is 0 Å². The molecule has 0 spiro atoms. The van der Waals surface area contributed by atoms with E-state index in [0.29, 0.717) is 11.6 Å². The summed E-state index contributed by atoms with van der Waals surface area (Å²) in [7, 11) is 0. The number of carbonyl (C=O) groups is 1. The van der Waals surface area contributed by atoms with Crippen LogP contribution in [0, 0.1) is 0 Å². The van der Waals surface area contributed by atoms with Gasteiger partial charge in [-0.2, -0.15) is 0 Å². The standard InChI is InChI=1S/C15H21ClN2O2/c1-15(2,3)20-14(19)18-9-8-12(17)13(18)10-4-6-11(16)7-5-10/h4-7,12-13H,8-9,17H2,1-3H3/t12-,13+/m0/s1. The van der Waals surface area contributed by atoms with Gasteiger partial charge in [0.2, 0.25) is 0 Å². The van der Waals surface area contributed by atoms with Gasteiger partial charge < -0.3 is 10.5 Å². The van der Waals surface area contributed by atoms with Crippen LogP contribution < -0.4 is 5.73 Å². The number of nitrogens with two attached hydrogens (primary N) is 1. The molecule has 2 atom stereocenters. The molecule has 0 aromatic heterocycles. The van der Waals surface area contributed by atoms with Crippen molar-refractivity contribution in [2.75, 3.05) is 6.54 Å². The summed E-state index contributed by atoms with van der Waals surface area (Å²) in [6.07, 6.45) is 0.456. The number of nitrogens with zero attached hydrogens (tertiary/aromatic N) is 1. The van der Waals surface area contributed by atoms with Gasteiger partial charge in [-0.05, 0) is 44.9 Å². The molecule has 0 saturated carbocycles. The Labute approximate surface area is 124 Å². The van der Waals surface area contributed by atoms with Gasteiger partial charge in [0.15, 0.2) is 0 Å². The maximum Gasteiger partial charge on any atom is 0.410 e. The monoisotopic (exact) mass is 296 g/mol. The molecule has 0 unspecified atom stereocenters. The molecule has 5 heteroatoms. The van der Waals surface area contributed by atoms with Crippen molar-refractivity contribution in [2.45, 2.75) is 44.9 Å². The normalized spacial score (nSPS) is 22.9. The van der Waals surface area contributed by atoms with E-state index in [2.05, 4.69) is 0 Å². The smallest absolute Gasteiger partial charge is 0.410 e. The van der Waals surface area contributed by atoms with E-state index in [4.69, 9.17) is 22.1 Å². The minimum atomic E-state index is -0.506. The minimum absolute atomic E-state index is 0.0799. The zero-order valence-electron chi connectivity index (χ0n) is 12.1. The molecule has 4 nitrogen and oxygen atoms in total. The van der Waals surface area contributed by atoms with E-state index in [-0.39, 0.29) is 18.2 Å². The molecule has 1 heterocycles. The van der Waals surface area contributed by atoms with E-state index in [9.17, 15) is 4.79 Å². The number of likely N-dealkylation sites (tertiary alicyclic amines) is 1. The SMILES string of the molecule is CC(C)(C)OC(=O)N1CC[C@H](N)[C@H]1c1ccc(Cl)cc1. The minimum Gasteiger partial charge on any atom is -0.444 e. The molecule has 1 aromatic carbocycles. The number of ether oxygens (including phenoxy) is 1. The van der Waals surface area contributed by atoms with E-state index in [0.717, 1.165) is 12.0 Å². The summed E-state index contributed by atoms with van der Waals surface area (Å²) in [5.74, 6) is 0.